The molecule has 4 aromatic rings. The van der Waals surface area contributed by atoms with Crippen LogP contribution >= 0.6 is 7.92 Å². The summed E-state index contributed by atoms with van der Waals surface area (Å²) in [6, 6.07) is 42.6. The topological polar surface area (TPSA) is 9.23 Å². The fourth-order valence-corrected chi connectivity index (χ4v) is 4.99. The van der Waals surface area contributed by atoms with Crippen LogP contribution in [-0.2, 0) is 22.4 Å². The molecule has 0 heterocycles. The summed E-state index contributed by atoms with van der Waals surface area (Å²) >= 11 is 0. The van der Waals surface area contributed by atoms with Gasteiger partial charge in [-0.15, -0.1) is 12.1 Å². The van der Waals surface area contributed by atoms with Gasteiger partial charge in [0.05, 0.1) is 7.11 Å². The molecule has 0 aromatic heterocycles. The molecule has 0 bridgehead atoms. The van der Waals surface area contributed by atoms with Crippen molar-refractivity contribution in [3.8, 4) is 5.75 Å². The molecule has 0 amide bonds. The number of rotatable bonds is 4. The van der Waals surface area contributed by atoms with Gasteiger partial charge in [-0.05, 0) is 23.8 Å². The monoisotopic (exact) mass is 566 g/mol. The van der Waals surface area contributed by atoms with Gasteiger partial charge in [0.15, 0.2) is 0 Å². The van der Waals surface area contributed by atoms with E-state index in [1.54, 1.807) is 7.11 Å². The predicted molar refractivity (Wildman–Crippen MR) is 117 cm³/mol. The molecule has 0 unspecified atom stereocenters. The zero-order chi connectivity index (χ0) is 18.7. The van der Waals surface area contributed by atoms with E-state index in [4.69, 9.17) is 4.74 Å². The van der Waals surface area contributed by atoms with E-state index in [0.29, 0.717) is 0 Å². The standard InChI is InChI=1S/C18H15P.C7H7O.Au/c1-4-10-16(11-5-1)19(17-12-6-2-7-13-17)18-14-8-3-9-15-18;1-8-7-5-3-2-4-6-7;/h1-15H;3-6H,1H3;/q;-1;+1. The molecule has 4 aromatic carbocycles. The van der Waals surface area contributed by atoms with Crippen LogP contribution in [0.5, 0.6) is 5.75 Å². The van der Waals surface area contributed by atoms with Crippen molar-refractivity contribution in [1.82, 2.24) is 0 Å². The summed E-state index contributed by atoms with van der Waals surface area (Å²) in [5.74, 6) is 0.878. The molecule has 4 rings (SSSR count). The Balaban J connectivity index is 0.000000264. The van der Waals surface area contributed by atoms with Gasteiger partial charge >= 0.3 is 22.4 Å². The Labute approximate surface area is 184 Å². The summed E-state index contributed by atoms with van der Waals surface area (Å²) in [5, 5.41) is 4.19. The second-order valence-electron chi connectivity index (χ2n) is 5.78. The molecule has 0 aliphatic heterocycles. The van der Waals surface area contributed by atoms with Crippen molar-refractivity contribution in [3.63, 3.8) is 0 Å². The average molecular weight is 566 g/mol. The van der Waals surface area contributed by atoms with Gasteiger partial charge in [0.2, 0.25) is 0 Å². The third kappa shape index (κ3) is 6.48. The molecule has 0 saturated heterocycles. The summed E-state index contributed by atoms with van der Waals surface area (Å²) < 4.78 is 4.89. The van der Waals surface area contributed by atoms with E-state index in [-0.39, 0.29) is 22.4 Å². The maximum absolute atomic E-state index is 4.89. The van der Waals surface area contributed by atoms with Crippen molar-refractivity contribution in [2.45, 2.75) is 0 Å². The van der Waals surface area contributed by atoms with E-state index in [9.17, 15) is 0 Å². The van der Waals surface area contributed by atoms with Crippen molar-refractivity contribution in [2.75, 3.05) is 7.11 Å². The SMILES string of the molecule is COc1cc[c-]cc1.[Au+].c1ccc(P(c2ccccc2)c2ccccc2)cc1. The number of ether oxygens (including phenoxy) is 1. The Hall–Kier alpha value is -2.15. The summed E-state index contributed by atoms with van der Waals surface area (Å²) in [5.41, 5.74) is 0. The zero-order valence-electron chi connectivity index (χ0n) is 15.6. The Bertz CT molecular complexity index is 806. The number of methoxy groups -OCH3 is 1. The van der Waals surface area contributed by atoms with Gasteiger partial charge < -0.3 is 4.74 Å². The molecule has 0 radical (unpaired) electrons. The van der Waals surface area contributed by atoms with E-state index >= 15 is 0 Å². The first kappa shape index (κ1) is 22.1. The fourth-order valence-electron chi connectivity index (χ4n) is 2.69. The van der Waals surface area contributed by atoms with Gasteiger partial charge in [-0.3, -0.25) is 0 Å². The molecule has 1 nitrogen and oxygen atoms in total. The second-order valence-corrected chi connectivity index (χ2v) is 8.00. The van der Waals surface area contributed by atoms with Crippen molar-refractivity contribution >= 4 is 23.8 Å². The maximum Gasteiger partial charge on any atom is 1.00 e. The normalized spacial score (nSPS) is 9.64. The summed E-state index contributed by atoms with van der Waals surface area (Å²) in [4.78, 5) is 0. The number of hydrogen-bond donors (Lipinski definition) is 0. The van der Waals surface area contributed by atoms with Crippen LogP contribution in [0.15, 0.2) is 115 Å². The first-order valence-corrected chi connectivity index (χ1v) is 10.2. The predicted octanol–water partition coefficient (Wildman–Crippen LogP) is 4.94. The molecule has 0 aliphatic carbocycles. The van der Waals surface area contributed by atoms with Crippen molar-refractivity contribution in [1.29, 1.82) is 0 Å². The van der Waals surface area contributed by atoms with Gasteiger partial charge in [-0.2, -0.15) is 18.2 Å². The molecule has 0 N–H and O–H groups in total. The van der Waals surface area contributed by atoms with Crippen molar-refractivity contribution in [2.24, 2.45) is 0 Å². The molecule has 3 heteroatoms. The zero-order valence-corrected chi connectivity index (χ0v) is 18.7. The summed E-state index contributed by atoms with van der Waals surface area (Å²) in [6.07, 6.45) is 0. The molecule has 0 spiro atoms. The van der Waals surface area contributed by atoms with Gasteiger partial charge in [-0.25, -0.2) is 0 Å². The third-order valence-corrected chi connectivity index (χ3v) is 6.41. The van der Waals surface area contributed by atoms with Crippen LogP contribution < -0.4 is 20.7 Å². The van der Waals surface area contributed by atoms with Crippen LogP contribution in [0.1, 0.15) is 0 Å². The van der Waals surface area contributed by atoms with E-state index in [1.807, 2.05) is 24.3 Å². The summed E-state index contributed by atoms with van der Waals surface area (Å²) in [6.45, 7) is 0. The molecular formula is C25H22AuOP. The Morgan fingerprint density at radius 2 is 0.929 bits per heavy atom. The van der Waals surface area contributed by atoms with Crippen LogP contribution in [0.4, 0.5) is 0 Å². The Kier molecular flexibility index (Phi) is 9.76. The Morgan fingerprint density at radius 3 is 1.21 bits per heavy atom. The van der Waals surface area contributed by atoms with E-state index < -0.39 is 7.92 Å². The number of benzene rings is 4. The van der Waals surface area contributed by atoms with Crippen LogP contribution in [0.25, 0.3) is 0 Å². The molecule has 0 aliphatic rings. The third-order valence-electron chi connectivity index (χ3n) is 3.97. The smallest absolute Gasteiger partial charge is 0.522 e. The molecule has 28 heavy (non-hydrogen) atoms. The maximum atomic E-state index is 4.89. The first-order chi connectivity index (χ1) is 13.4. The van der Waals surface area contributed by atoms with Gasteiger partial charge in [0, 0.05) is 5.75 Å². The van der Waals surface area contributed by atoms with Crippen LogP contribution in [0.3, 0.4) is 0 Å². The quantitative estimate of drug-likeness (QED) is 0.193. The first-order valence-electron chi connectivity index (χ1n) is 8.84. The van der Waals surface area contributed by atoms with E-state index in [2.05, 4.69) is 97.1 Å². The van der Waals surface area contributed by atoms with Crippen molar-refractivity contribution in [3.05, 3.63) is 121 Å². The second kappa shape index (κ2) is 12.3. The molecular weight excluding hydrogens is 544 g/mol. The van der Waals surface area contributed by atoms with E-state index in [0.717, 1.165) is 5.75 Å². The minimum absolute atomic E-state index is 0. The Morgan fingerprint density at radius 1 is 0.571 bits per heavy atom. The largest absolute Gasteiger partial charge is 1.00 e. The summed E-state index contributed by atoms with van der Waals surface area (Å²) in [7, 11) is 1.20. The molecule has 0 saturated carbocycles. The number of hydrogen-bond acceptors (Lipinski definition) is 1. The molecule has 0 atom stereocenters. The average Bonchev–Trinajstić information content (AvgIpc) is 2.77. The van der Waals surface area contributed by atoms with Crippen molar-refractivity contribution < 1.29 is 27.1 Å². The minimum atomic E-state index is -0.446. The fraction of sp³-hybridized carbons (Fsp3) is 0.0400. The van der Waals surface area contributed by atoms with Crippen LogP contribution in [0.2, 0.25) is 0 Å². The van der Waals surface area contributed by atoms with Gasteiger partial charge in [0.1, 0.15) is 0 Å². The molecule has 144 valence electrons. The van der Waals surface area contributed by atoms with Gasteiger partial charge in [0.25, 0.3) is 0 Å². The minimum Gasteiger partial charge on any atom is -0.522 e. The van der Waals surface area contributed by atoms with Crippen LogP contribution in [0, 0.1) is 6.07 Å². The van der Waals surface area contributed by atoms with Gasteiger partial charge in [-0.1, -0.05) is 91.0 Å². The molecule has 0 fully saturated rings. The van der Waals surface area contributed by atoms with E-state index in [1.165, 1.54) is 15.9 Å². The van der Waals surface area contributed by atoms with Crippen LogP contribution in [-0.4, -0.2) is 7.11 Å².